The molecule has 1 aromatic carbocycles. The van der Waals surface area contributed by atoms with Crippen LogP contribution in [-0.2, 0) is 6.18 Å². The third-order valence-corrected chi connectivity index (χ3v) is 2.58. The van der Waals surface area contributed by atoms with Crippen molar-refractivity contribution in [3.05, 3.63) is 48.0 Å². The summed E-state index contributed by atoms with van der Waals surface area (Å²) in [7, 11) is 0. The van der Waals surface area contributed by atoms with E-state index in [-0.39, 0.29) is 5.82 Å². The molecule has 100 valence electrons. The van der Waals surface area contributed by atoms with Crippen LogP contribution in [0.5, 0.6) is 0 Å². The van der Waals surface area contributed by atoms with E-state index in [1.165, 1.54) is 0 Å². The van der Waals surface area contributed by atoms with Crippen LogP contribution in [0.4, 0.5) is 19.0 Å². The summed E-state index contributed by atoms with van der Waals surface area (Å²) >= 11 is 0. The summed E-state index contributed by atoms with van der Waals surface area (Å²) in [5.41, 5.74) is 0.274. The van der Waals surface area contributed by atoms with Crippen LogP contribution in [0.1, 0.15) is 12.5 Å². The van der Waals surface area contributed by atoms with E-state index in [0.717, 1.165) is 12.1 Å². The van der Waals surface area contributed by atoms with Crippen molar-refractivity contribution in [2.75, 3.05) is 11.9 Å². The third-order valence-electron chi connectivity index (χ3n) is 2.58. The maximum atomic E-state index is 12.8. The Morgan fingerprint density at radius 2 is 1.79 bits per heavy atom. The highest BCUT2D eigenvalue weighted by molar-refractivity contribution is 5.62. The van der Waals surface area contributed by atoms with Crippen LogP contribution < -0.4 is 5.32 Å². The Hall–Kier alpha value is -2.04. The summed E-state index contributed by atoms with van der Waals surface area (Å²) in [6, 6.07) is 10.9. The Balaban J connectivity index is 2.52. The van der Waals surface area contributed by atoms with Crippen molar-refractivity contribution in [3.8, 4) is 11.3 Å². The van der Waals surface area contributed by atoms with Crippen LogP contribution >= 0.6 is 0 Å². The molecule has 0 saturated carbocycles. The van der Waals surface area contributed by atoms with E-state index >= 15 is 0 Å². The fourth-order valence-electron chi connectivity index (χ4n) is 1.72. The van der Waals surface area contributed by atoms with Crippen LogP contribution in [0, 0.1) is 0 Å². The van der Waals surface area contributed by atoms with Gasteiger partial charge in [0.15, 0.2) is 0 Å². The highest BCUT2D eigenvalue weighted by atomic mass is 19.4. The van der Waals surface area contributed by atoms with Gasteiger partial charge in [-0.3, -0.25) is 0 Å². The van der Waals surface area contributed by atoms with Crippen LogP contribution in [0.2, 0.25) is 0 Å². The Morgan fingerprint density at radius 1 is 1.11 bits per heavy atom. The fraction of sp³-hybridized carbons (Fsp3) is 0.214. The standard InChI is InChI=1S/C14H13F3N2/c1-2-18-13-9-11(14(15,16)17)8-12(19-13)10-6-4-3-5-7-10/h3-9H,2H2,1H3,(H,18,19). The van der Waals surface area contributed by atoms with Crippen molar-refractivity contribution in [1.29, 1.82) is 0 Å². The largest absolute Gasteiger partial charge is 0.416 e. The van der Waals surface area contributed by atoms with Crippen molar-refractivity contribution in [2.45, 2.75) is 13.1 Å². The topological polar surface area (TPSA) is 24.9 Å². The van der Waals surface area contributed by atoms with Gasteiger partial charge in [-0.1, -0.05) is 30.3 Å². The molecule has 2 nitrogen and oxygen atoms in total. The number of nitrogens with zero attached hydrogens (tertiary/aromatic N) is 1. The van der Waals surface area contributed by atoms with Crippen molar-refractivity contribution in [1.82, 2.24) is 4.98 Å². The predicted octanol–water partition coefficient (Wildman–Crippen LogP) is 4.20. The molecule has 2 rings (SSSR count). The molecule has 5 heteroatoms. The number of hydrogen-bond donors (Lipinski definition) is 1. The highest BCUT2D eigenvalue weighted by Crippen LogP contribution is 2.33. The highest BCUT2D eigenvalue weighted by Gasteiger charge is 2.31. The summed E-state index contributed by atoms with van der Waals surface area (Å²) in [5, 5.41) is 2.82. The number of hydrogen-bond acceptors (Lipinski definition) is 2. The van der Waals surface area contributed by atoms with Crippen LogP contribution in [0.25, 0.3) is 11.3 Å². The summed E-state index contributed by atoms with van der Waals surface area (Å²) in [6.45, 7) is 2.33. The first-order chi connectivity index (χ1) is 9.00. The van der Waals surface area contributed by atoms with Crippen LogP contribution in [-0.4, -0.2) is 11.5 Å². The van der Waals surface area contributed by atoms with Crippen molar-refractivity contribution < 1.29 is 13.2 Å². The zero-order valence-corrected chi connectivity index (χ0v) is 10.3. The maximum Gasteiger partial charge on any atom is 0.416 e. The Kier molecular flexibility index (Phi) is 3.74. The number of aromatic nitrogens is 1. The lowest BCUT2D eigenvalue weighted by Gasteiger charge is -2.12. The summed E-state index contributed by atoms with van der Waals surface area (Å²) < 4.78 is 38.5. The van der Waals surface area contributed by atoms with Gasteiger partial charge in [0.1, 0.15) is 5.82 Å². The number of nitrogens with one attached hydrogen (secondary N) is 1. The van der Waals surface area contributed by atoms with Gasteiger partial charge < -0.3 is 5.32 Å². The molecule has 0 spiro atoms. The van der Waals surface area contributed by atoms with E-state index in [1.807, 2.05) is 13.0 Å². The molecular weight excluding hydrogens is 253 g/mol. The number of halogens is 3. The number of alkyl halides is 3. The molecule has 0 aliphatic carbocycles. The van der Waals surface area contributed by atoms with Gasteiger partial charge in [0, 0.05) is 12.1 Å². The van der Waals surface area contributed by atoms with E-state index in [9.17, 15) is 13.2 Å². The normalized spacial score (nSPS) is 11.4. The molecule has 1 heterocycles. The Labute approximate surface area is 109 Å². The first-order valence-electron chi connectivity index (χ1n) is 5.89. The lowest BCUT2D eigenvalue weighted by atomic mass is 10.1. The number of pyridine rings is 1. The second-order valence-corrected chi connectivity index (χ2v) is 4.02. The summed E-state index contributed by atoms with van der Waals surface area (Å²) in [4.78, 5) is 4.20. The zero-order valence-electron chi connectivity index (χ0n) is 10.3. The number of rotatable bonds is 3. The molecule has 0 bridgehead atoms. The molecule has 19 heavy (non-hydrogen) atoms. The number of anilines is 1. The first-order valence-corrected chi connectivity index (χ1v) is 5.89. The number of benzene rings is 1. The van der Waals surface area contributed by atoms with Gasteiger partial charge in [-0.15, -0.1) is 0 Å². The molecule has 1 aromatic heterocycles. The molecule has 0 aliphatic heterocycles. The average Bonchev–Trinajstić information content (AvgIpc) is 2.39. The Bertz CT molecular complexity index is 550. The van der Waals surface area contributed by atoms with Gasteiger partial charge in [0.05, 0.1) is 11.3 Å². The average molecular weight is 266 g/mol. The van der Waals surface area contributed by atoms with Crippen LogP contribution in [0.3, 0.4) is 0 Å². The predicted molar refractivity (Wildman–Crippen MR) is 68.8 cm³/mol. The SMILES string of the molecule is CCNc1cc(C(F)(F)F)cc(-c2ccccc2)n1. The minimum Gasteiger partial charge on any atom is -0.370 e. The lowest BCUT2D eigenvalue weighted by molar-refractivity contribution is -0.137. The smallest absolute Gasteiger partial charge is 0.370 e. The molecule has 0 saturated heterocycles. The molecule has 2 aromatic rings. The van der Waals surface area contributed by atoms with E-state index in [2.05, 4.69) is 10.3 Å². The maximum absolute atomic E-state index is 12.8. The molecule has 0 aliphatic rings. The molecule has 0 amide bonds. The van der Waals surface area contributed by atoms with Gasteiger partial charge >= 0.3 is 6.18 Å². The monoisotopic (exact) mass is 266 g/mol. The minimum atomic E-state index is -4.38. The molecule has 0 fully saturated rings. The summed E-state index contributed by atoms with van der Waals surface area (Å²) in [5.74, 6) is 0.233. The van der Waals surface area contributed by atoms with E-state index in [4.69, 9.17) is 0 Å². The van der Waals surface area contributed by atoms with E-state index in [0.29, 0.717) is 17.8 Å². The van der Waals surface area contributed by atoms with Crippen molar-refractivity contribution >= 4 is 5.82 Å². The zero-order chi connectivity index (χ0) is 13.9. The van der Waals surface area contributed by atoms with E-state index < -0.39 is 11.7 Å². The van der Waals surface area contributed by atoms with Gasteiger partial charge in [0.25, 0.3) is 0 Å². The quantitative estimate of drug-likeness (QED) is 0.900. The van der Waals surface area contributed by atoms with Crippen molar-refractivity contribution in [2.24, 2.45) is 0 Å². The molecule has 0 radical (unpaired) electrons. The van der Waals surface area contributed by atoms with Gasteiger partial charge in [-0.25, -0.2) is 4.98 Å². The minimum absolute atomic E-state index is 0.233. The van der Waals surface area contributed by atoms with Crippen LogP contribution in [0.15, 0.2) is 42.5 Å². The first kappa shape index (κ1) is 13.4. The van der Waals surface area contributed by atoms with Gasteiger partial charge in [-0.2, -0.15) is 13.2 Å². The second-order valence-electron chi connectivity index (χ2n) is 4.02. The third kappa shape index (κ3) is 3.24. The summed E-state index contributed by atoms with van der Waals surface area (Å²) in [6.07, 6.45) is -4.38. The molecular formula is C14H13F3N2. The fourth-order valence-corrected chi connectivity index (χ4v) is 1.72. The van der Waals surface area contributed by atoms with Gasteiger partial charge in [0.2, 0.25) is 0 Å². The lowest BCUT2D eigenvalue weighted by Crippen LogP contribution is -2.08. The second kappa shape index (κ2) is 5.30. The molecule has 0 unspecified atom stereocenters. The van der Waals surface area contributed by atoms with Crippen molar-refractivity contribution in [3.63, 3.8) is 0 Å². The molecule has 0 atom stereocenters. The van der Waals surface area contributed by atoms with Gasteiger partial charge in [-0.05, 0) is 19.1 Å². The molecule has 1 N–H and O–H groups in total. The van der Waals surface area contributed by atoms with E-state index in [1.54, 1.807) is 24.3 Å². The Morgan fingerprint density at radius 3 is 2.37 bits per heavy atom.